The number of para-hydroxylation sites is 1. The fourth-order valence-corrected chi connectivity index (χ4v) is 7.80. The molecule has 0 radical (unpaired) electrons. The van der Waals surface area contributed by atoms with Gasteiger partial charge in [-0.1, -0.05) is 140 Å². The summed E-state index contributed by atoms with van der Waals surface area (Å²) in [5, 5.41) is 9.23. The van der Waals surface area contributed by atoms with E-state index in [1.54, 1.807) is 0 Å². The number of hydrogen-bond acceptors (Lipinski definition) is 4. The van der Waals surface area contributed by atoms with E-state index in [0.29, 0.717) is 17.6 Å². The topological polar surface area (TPSA) is 56.7 Å². The normalized spacial score (nSPS) is 11.8. The molecule has 0 aliphatic carbocycles. The molecule has 11 aromatic rings. The summed E-state index contributed by atoms with van der Waals surface area (Å²) in [6.45, 7) is 0. The zero-order chi connectivity index (χ0) is 34.2. The van der Waals surface area contributed by atoms with Crippen LogP contribution in [0.2, 0.25) is 0 Å². The maximum Gasteiger partial charge on any atom is 0.238 e. The molecule has 0 atom stereocenters. The Morgan fingerprint density at radius 3 is 1.81 bits per heavy atom. The summed E-state index contributed by atoms with van der Waals surface area (Å²) in [4.78, 5) is 15.4. The predicted octanol–water partition coefficient (Wildman–Crippen LogP) is 12.2. The smallest absolute Gasteiger partial charge is 0.238 e. The van der Waals surface area contributed by atoms with Crippen molar-refractivity contribution in [1.82, 2.24) is 19.5 Å². The SMILES string of the molecule is c1ccc(-c2nc(-c3ccccc3)nc(-n3c4cc5ccccc5cc4c4cccc(-c5ccc6c(c5)oc5ccc7ccccc7c56)c43)n2)cc1. The quantitative estimate of drug-likeness (QED) is 0.188. The molecular weight excluding hydrogens is 637 g/mol. The zero-order valence-electron chi connectivity index (χ0n) is 27.9. The molecule has 3 aromatic heterocycles. The molecule has 8 aromatic carbocycles. The molecule has 0 amide bonds. The van der Waals surface area contributed by atoms with E-state index in [2.05, 4.69) is 114 Å². The predicted molar refractivity (Wildman–Crippen MR) is 213 cm³/mol. The van der Waals surface area contributed by atoms with Gasteiger partial charge < -0.3 is 4.42 Å². The van der Waals surface area contributed by atoms with Gasteiger partial charge in [0, 0.05) is 38.2 Å². The van der Waals surface area contributed by atoms with E-state index in [1.165, 1.54) is 16.2 Å². The Morgan fingerprint density at radius 2 is 1.06 bits per heavy atom. The summed E-state index contributed by atoms with van der Waals surface area (Å²) < 4.78 is 8.78. The highest BCUT2D eigenvalue weighted by atomic mass is 16.3. The summed E-state index contributed by atoms with van der Waals surface area (Å²) in [5.74, 6) is 1.80. The molecule has 0 aliphatic heterocycles. The van der Waals surface area contributed by atoms with E-state index in [9.17, 15) is 0 Å². The van der Waals surface area contributed by atoms with Crippen LogP contribution in [0.1, 0.15) is 0 Å². The highest BCUT2D eigenvalue weighted by Crippen LogP contribution is 2.42. The van der Waals surface area contributed by atoms with Crippen LogP contribution in [0.25, 0.3) is 105 Å². The molecule has 0 N–H and O–H groups in total. The largest absolute Gasteiger partial charge is 0.456 e. The summed E-state index contributed by atoms with van der Waals surface area (Å²) in [5.41, 5.74) is 7.77. The van der Waals surface area contributed by atoms with Crippen LogP contribution < -0.4 is 0 Å². The van der Waals surface area contributed by atoms with Gasteiger partial charge >= 0.3 is 0 Å². The second-order valence-corrected chi connectivity index (χ2v) is 13.2. The summed E-state index contributed by atoms with van der Waals surface area (Å²) in [7, 11) is 0. The van der Waals surface area contributed by atoms with Crippen molar-refractivity contribution in [1.29, 1.82) is 0 Å². The van der Waals surface area contributed by atoms with Crippen molar-refractivity contribution in [2.45, 2.75) is 0 Å². The van der Waals surface area contributed by atoms with Crippen molar-refractivity contribution < 1.29 is 4.42 Å². The van der Waals surface area contributed by atoms with Crippen LogP contribution in [0.15, 0.2) is 174 Å². The third kappa shape index (κ3) is 4.39. The van der Waals surface area contributed by atoms with Crippen LogP contribution in [0.3, 0.4) is 0 Å². The molecule has 0 aliphatic rings. The van der Waals surface area contributed by atoms with Crippen molar-refractivity contribution in [2.75, 3.05) is 0 Å². The molecular formula is C47H28N4O. The second-order valence-electron chi connectivity index (χ2n) is 13.2. The summed E-state index contributed by atoms with van der Waals surface area (Å²) in [6.07, 6.45) is 0. The van der Waals surface area contributed by atoms with Crippen LogP contribution in [0.4, 0.5) is 0 Å². The van der Waals surface area contributed by atoms with Gasteiger partial charge in [0.1, 0.15) is 11.2 Å². The Labute approximate surface area is 298 Å². The van der Waals surface area contributed by atoms with Gasteiger partial charge in [-0.3, -0.25) is 4.57 Å². The molecule has 0 fully saturated rings. The van der Waals surface area contributed by atoms with Gasteiger partial charge in [0.2, 0.25) is 5.95 Å². The van der Waals surface area contributed by atoms with E-state index in [1.807, 2.05) is 60.7 Å². The number of hydrogen-bond donors (Lipinski definition) is 0. The molecule has 0 spiro atoms. The van der Waals surface area contributed by atoms with E-state index >= 15 is 0 Å². The fraction of sp³-hybridized carbons (Fsp3) is 0. The molecule has 0 unspecified atom stereocenters. The maximum atomic E-state index is 6.55. The first-order valence-electron chi connectivity index (χ1n) is 17.4. The number of fused-ring (bicyclic) bond motifs is 9. The number of rotatable bonds is 4. The van der Waals surface area contributed by atoms with Crippen LogP contribution in [0.5, 0.6) is 0 Å². The average Bonchev–Trinajstić information content (AvgIpc) is 3.75. The van der Waals surface area contributed by atoms with E-state index < -0.39 is 0 Å². The number of furan rings is 1. The third-order valence-corrected chi connectivity index (χ3v) is 10.2. The minimum atomic E-state index is 0.562. The lowest BCUT2D eigenvalue weighted by molar-refractivity contribution is 0.669. The van der Waals surface area contributed by atoms with Gasteiger partial charge in [0.25, 0.3) is 0 Å². The fourth-order valence-electron chi connectivity index (χ4n) is 7.80. The Balaban J connectivity index is 1.23. The standard InChI is InChI=1S/C47H28N4O/c1-3-13-30(14-4-1)45-48-46(31-15-5-2-6-16-31)50-47(49-45)51-40-27-33-18-8-7-17-32(33)26-39(40)37-21-11-20-36(44(37)51)34-22-24-38-42(28-34)52-41-25-23-29-12-9-10-19-35(29)43(38)41/h1-28H. The minimum absolute atomic E-state index is 0.562. The zero-order valence-corrected chi connectivity index (χ0v) is 27.9. The Hall–Kier alpha value is -7.11. The highest BCUT2D eigenvalue weighted by molar-refractivity contribution is 6.20. The van der Waals surface area contributed by atoms with Crippen molar-refractivity contribution in [3.63, 3.8) is 0 Å². The van der Waals surface area contributed by atoms with E-state index in [-0.39, 0.29) is 0 Å². The maximum absolute atomic E-state index is 6.55. The first-order chi connectivity index (χ1) is 25.8. The first kappa shape index (κ1) is 28.7. The minimum Gasteiger partial charge on any atom is -0.456 e. The van der Waals surface area contributed by atoms with Crippen LogP contribution in [-0.4, -0.2) is 19.5 Å². The van der Waals surface area contributed by atoms with Crippen molar-refractivity contribution >= 4 is 65.3 Å². The van der Waals surface area contributed by atoms with Crippen molar-refractivity contribution in [2.24, 2.45) is 0 Å². The lowest BCUT2D eigenvalue weighted by Crippen LogP contribution is -2.07. The van der Waals surface area contributed by atoms with Gasteiger partial charge in [-0.2, -0.15) is 9.97 Å². The second kappa shape index (κ2) is 11.2. The Bertz CT molecular complexity index is 3120. The molecule has 0 saturated carbocycles. The van der Waals surface area contributed by atoms with Crippen molar-refractivity contribution in [3.8, 4) is 39.9 Å². The lowest BCUT2D eigenvalue weighted by Gasteiger charge is -2.13. The summed E-state index contributed by atoms with van der Waals surface area (Å²) in [6, 6.07) is 59.2. The number of nitrogens with zero attached hydrogens (tertiary/aromatic N) is 4. The Morgan fingerprint density at radius 1 is 0.404 bits per heavy atom. The average molecular weight is 665 g/mol. The van der Waals surface area contributed by atoms with Crippen LogP contribution >= 0.6 is 0 Å². The van der Waals surface area contributed by atoms with Gasteiger partial charge in [-0.05, 0) is 57.4 Å². The van der Waals surface area contributed by atoms with Gasteiger partial charge in [0.15, 0.2) is 11.6 Å². The van der Waals surface area contributed by atoms with Gasteiger partial charge in [-0.25, -0.2) is 4.98 Å². The molecule has 52 heavy (non-hydrogen) atoms. The number of benzene rings is 8. The molecule has 0 saturated heterocycles. The van der Waals surface area contributed by atoms with Gasteiger partial charge in [0.05, 0.1) is 11.0 Å². The molecule has 242 valence electrons. The van der Waals surface area contributed by atoms with E-state index in [4.69, 9.17) is 19.4 Å². The monoisotopic (exact) mass is 664 g/mol. The Kier molecular flexibility index (Phi) is 6.18. The van der Waals surface area contributed by atoms with Gasteiger partial charge in [-0.15, -0.1) is 0 Å². The molecule has 5 heteroatoms. The lowest BCUT2D eigenvalue weighted by atomic mass is 9.99. The molecule has 3 heterocycles. The summed E-state index contributed by atoms with van der Waals surface area (Å²) >= 11 is 0. The molecule has 5 nitrogen and oxygen atoms in total. The third-order valence-electron chi connectivity index (χ3n) is 10.2. The first-order valence-corrected chi connectivity index (χ1v) is 17.4. The van der Waals surface area contributed by atoms with Crippen molar-refractivity contribution in [3.05, 3.63) is 170 Å². The van der Waals surface area contributed by atoms with Crippen LogP contribution in [-0.2, 0) is 0 Å². The number of aromatic nitrogens is 4. The molecule has 11 rings (SSSR count). The highest BCUT2D eigenvalue weighted by Gasteiger charge is 2.22. The molecule has 0 bridgehead atoms. The van der Waals surface area contributed by atoms with Crippen LogP contribution in [0, 0.1) is 0 Å². The van der Waals surface area contributed by atoms with E-state index in [0.717, 1.165) is 71.4 Å².